The molecule has 4 aromatic rings. The largest absolute Gasteiger partial charge is 0.452 e. The van der Waals surface area contributed by atoms with E-state index in [1.807, 2.05) is 48.5 Å². The van der Waals surface area contributed by atoms with Crippen molar-refractivity contribution in [3.05, 3.63) is 90.8 Å². The van der Waals surface area contributed by atoms with E-state index in [1.54, 1.807) is 36.7 Å². The molecule has 0 aliphatic rings. The fraction of sp³-hybridized carbons (Fsp3) is 0.0435. The van der Waals surface area contributed by atoms with Crippen molar-refractivity contribution in [3.8, 4) is 11.3 Å². The van der Waals surface area contributed by atoms with Crippen molar-refractivity contribution in [3.63, 3.8) is 0 Å². The number of ether oxygens (including phenoxy) is 1. The van der Waals surface area contributed by atoms with Crippen molar-refractivity contribution in [1.29, 1.82) is 0 Å². The summed E-state index contributed by atoms with van der Waals surface area (Å²) in [6.07, 6.45) is 3.33. The molecule has 142 valence electrons. The summed E-state index contributed by atoms with van der Waals surface area (Å²) in [5, 5.41) is 3.35. The van der Waals surface area contributed by atoms with E-state index in [-0.39, 0.29) is 6.61 Å². The first kappa shape index (κ1) is 18.3. The minimum Gasteiger partial charge on any atom is -0.452 e. The molecule has 6 heteroatoms. The number of esters is 1. The van der Waals surface area contributed by atoms with Gasteiger partial charge < -0.3 is 10.1 Å². The zero-order valence-corrected chi connectivity index (χ0v) is 15.4. The third kappa shape index (κ3) is 4.27. The molecule has 0 aliphatic heterocycles. The first-order valence-corrected chi connectivity index (χ1v) is 9.03. The van der Waals surface area contributed by atoms with Gasteiger partial charge in [0, 0.05) is 29.0 Å². The van der Waals surface area contributed by atoms with Gasteiger partial charge in [0.15, 0.2) is 6.61 Å². The molecular formula is C23H17N3O3. The lowest BCUT2D eigenvalue weighted by Gasteiger charge is -2.10. The zero-order valence-electron chi connectivity index (χ0n) is 15.4. The number of carbonyl (C=O) groups excluding carboxylic acids is 2. The van der Waals surface area contributed by atoms with E-state index in [2.05, 4.69) is 15.3 Å². The molecule has 0 spiro atoms. The summed E-state index contributed by atoms with van der Waals surface area (Å²) in [5.74, 6) is -0.987. The van der Waals surface area contributed by atoms with Gasteiger partial charge in [-0.05, 0) is 36.4 Å². The minimum absolute atomic E-state index is 0.356. The number of amides is 1. The summed E-state index contributed by atoms with van der Waals surface area (Å²) in [4.78, 5) is 33.5. The number of anilines is 1. The molecule has 2 heterocycles. The Kier molecular flexibility index (Phi) is 5.25. The van der Waals surface area contributed by atoms with Crippen molar-refractivity contribution in [2.45, 2.75) is 0 Å². The van der Waals surface area contributed by atoms with Crippen molar-refractivity contribution in [1.82, 2.24) is 9.97 Å². The molecule has 0 fully saturated rings. The normalized spacial score (nSPS) is 10.5. The molecule has 4 rings (SSSR count). The summed E-state index contributed by atoms with van der Waals surface area (Å²) < 4.78 is 5.27. The summed E-state index contributed by atoms with van der Waals surface area (Å²) in [6.45, 7) is -0.380. The van der Waals surface area contributed by atoms with E-state index in [9.17, 15) is 9.59 Å². The van der Waals surface area contributed by atoms with Crippen LogP contribution in [0.4, 0.5) is 5.69 Å². The Morgan fingerprint density at radius 2 is 1.62 bits per heavy atom. The zero-order chi connectivity index (χ0) is 20.1. The molecule has 29 heavy (non-hydrogen) atoms. The lowest BCUT2D eigenvalue weighted by molar-refractivity contribution is -0.119. The van der Waals surface area contributed by atoms with E-state index in [4.69, 9.17) is 4.74 Å². The summed E-state index contributed by atoms with van der Waals surface area (Å²) >= 11 is 0. The van der Waals surface area contributed by atoms with Crippen molar-refractivity contribution in [2.24, 2.45) is 0 Å². The van der Waals surface area contributed by atoms with Gasteiger partial charge in [0.1, 0.15) is 0 Å². The average molecular weight is 383 g/mol. The van der Waals surface area contributed by atoms with Gasteiger partial charge in [0.2, 0.25) is 0 Å². The molecule has 0 atom stereocenters. The average Bonchev–Trinajstić information content (AvgIpc) is 2.78. The third-order valence-electron chi connectivity index (χ3n) is 4.30. The van der Waals surface area contributed by atoms with Crippen LogP contribution in [0.25, 0.3) is 22.2 Å². The summed E-state index contributed by atoms with van der Waals surface area (Å²) in [7, 11) is 0. The highest BCUT2D eigenvalue weighted by Gasteiger charge is 2.16. The highest BCUT2D eigenvalue weighted by molar-refractivity contribution is 6.05. The van der Waals surface area contributed by atoms with Gasteiger partial charge in [-0.25, -0.2) is 9.78 Å². The molecule has 1 N–H and O–H groups in total. The number of rotatable bonds is 5. The number of para-hydroxylation sites is 2. The first-order valence-electron chi connectivity index (χ1n) is 9.03. The van der Waals surface area contributed by atoms with E-state index in [0.29, 0.717) is 27.8 Å². The van der Waals surface area contributed by atoms with Crippen LogP contribution < -0.4 is 5.32 Å². The molecule has 0 aliphatic carbocycles. The standard InChI is InChI=1S/C23H17N3O3/c27-22(25-17-6-2-1-3-7-17)15-29-23(28)19-14-21(16-10-12-24-13-11-16)26-20-9-5-4-8-18(19)20/h1-14H,15H2,(H,25,27). The molecule has 2 aromatic carbocycles. The molecule has 0 bridgehead atoms. The highest BCUT2D eigenvalue weighted by atomic mass is 16.5. The van der Waals surface area contributed by atoms with E-state index >= 15 is 0 Å². The Balaban J connectivity index is 1.57. The number of carbonyl (C=O) groups is 2. The lowest BCUT2D eigenvalue weighted by atomic mass is 10.0. The fourth-order valence-electron chi connectivity index (χ4n) is 2.94. The second-order valence-electron chi connectivity index (χ2n) is 6.30. The van der Waals surface area contributed by atoms with Gasteiger partial charge in [-0.2, -0.15) is 0 Å². The molecule has 2 aromatic heterocycles. The minimum atomic E-state index is -0.581. The van der Waals surface area contributed by atoms with Crippen LogP contribution >= 0.6 is 0 Å². The van der Waals surface area contributed by atoms with Crippen LogP contribution in [0.1, 0.15) is 10.4 Å². The van der Waals surface area contributed by atoms with Crippen LogP contribution in [-0.2, 0) is 9.53 Å². The second kappa shape index (κ2) is 8.31. The van der Waals surface area contributed by atoms with Crippen molar-refractivity contribution >= 4 is 28.5 Å². The van der Waals surface area contributed by atoms with Crippen LogP contribution in [-0.4, -0.2) is 28.5 Å². The molecule has 6 nitrogen and oxygen atoms in total. The fourth-order valence-corrected chi connectivity index (χ4v) is 2.94. The molecule has 0 saturated heterocycles. The maximum absolute atomic E-state index is 12.8. The molecule has 0 unspecified atom stereocenters. The van der Waals surface area contributed by atoms with Gasteiger partial charge in [-0.15, -0.1) is 0 Å². The Bertz CT molecular complexity index is 1160. The van der Waals surface area contributed by atoms with Crippen LogP contribution in [0, 0.1) is 0 Å². The Labute approximate surface area is 167 Å². The topological polar surface area (TPSA) is 81.2 Å². The van der Waals surface area contributed by atoms with Gasteiger partial charge in [0.25, 0.3) is 5.91 Å². The number of pyridine rings is 2. The summed E-state index contributed by atoms with van der Waals surface area (Å²) in [5.41, 5.74) is 3.13. The van der Waals surface area contributed by atoms with Gasteiger partial charge >= 0.3 is 5.97 Å². The number of nitrogens with zero attached hydrogens (tertiary/aromatic N) is 2. The number of nitrogens with one attached hydrogen (secondary N) is 1. The maximum Gasteiger partial charge on any atom is 0.339 e. The highest BCUT2D eigenvalue weighted by Crippen LogP contribution is 2.25. The SMILES string of the molecule is O=C(COC(=O)c1cc(-c2ccncc2)nc2ccccc12)Nc1ccccc1. The van der Waals surface area contributed by atoms with E-state index in [0.717, 1.165) is 5.56 Å². The van der Waals surface area contributed by atoms with Crippen molar-refractivity contribution < 1.29 is 14.3 Å². The van der Waals surface area contributed by atoms with Crippen molar-refractivity contribution in [2.75, 3.05) is 11.9 Å². The Morgan fingerprint density at radius 1 is 0.897 bits per heavy atom. The summed E-state index contributed by atoms with van der Waals surface area (Å²) in [6, 6.07) is 21.6. The van der Waals surface area contributed by atoms with Gasteiger partial charge in [0.05, 0.1) is 16.8 Å². The second-order valence-corrected chi connectivity index (χ2v) is 6.30. The Morgan fingerprint density at radius 3 is 2.41 bits per heavy atom. The monoisotopic (exact) mass is 383 g/mol. The molecular weight excluding hydrogens is 366 g/mol. The Hall–Kier alpha value is -4.06. The number of hydrogen-bond donors (Lipinski definition) is 1. The van der Waals surface area contributed by atoms with Crippen LogP contribution in [0.15, 0.2) is 85.2 Å². The maximum atomic E-state index is 12.8. The molecule has 0 radical (unpaired) electrons. The van der Waals surface area contributed by atoms with Crippen LogP contribution in [0.2, 0.25) is 0 Å². The van der Waals surface area contributed by atoms with E-state index < -0.39 is 11.9 Å². The van der Waals surface area contributed by atoms with Gasteiger partial charge in [-0.1, -0.05) is 36.4 Å². The lowest BCUT2D eigenvalue weighted by Crippen LogP contribution is -2.21. The predicted octanol–water partition coefficient (Wildman–Crippen LogP) is 4.09. The van der Waals surface area contributed by atoms with E-state index in [1.165, 1.54) is 0 Å². The quantitative estimate of drug-likeness (QED) is 0.525. The van der Waals surface area contributed by atoms with Crippen LogP contribution in [0.3, 0.4) is 0 Å². The smallest absolute Gasteiger partial charge is 0.339 e. The number of fused-ring (bicyclic) bond motifs is 1. The molecule has 0 saturated carbocycles. The van der Waals surface area contributed by atoms with Gasteiger partial charge in [-0.3, -0.25) is 9.78 Å². The number of benzene rings is 2. The van der Waals surface area contributed by atoms with Crippen LogP contribution in [0.5, 0.6) is 0 Å². The number of aromatic nitrogens is 2. The molecule has 1 amide bonds. The predicted molar refractivity (Wildman–Crippen MR) is 110 cm³/mol. The first-order chi connectivity index (χ1) is 14.2. The number of hydrogen-bond acceptors (Lipinski definition) is 5. The third-order valence-corrected chi connectivity index (χ3v) is 4.30.